The van der Waals surface area contributed by atoms with Crippen molar-refractivity contribution in [2.45, 2.75) is 105 Å². The summed E-state index contributed by atoms with van der Waals surface area (Å²) in [6.07, 6.45) is 16.4. The molecule has 2 nitrogen and oxygen atoms in total. The van der Waals surface area contributed by atoms with Crippen LogP contribution in [0.4, 0.5) is 0 Å². The molecular formula is C22H48N2. The van der Waals surface area contributed by atoms with Crippen LogP contribution in [-0.4, -0.2) is 26.2 Å². The normalized spacial score (nSPS) is 14.0. The molecule has 0 rings (SSSR count). The van der Waals surface area contributed by atoms with E-state index in [9.17, 15) is 0 Å². The zero-order chi connectivity index (χ0) is 17.9. The van der Waals surface area contributed by atoms with Crippen molar-refractivity contribution < 1.29 is 0 Å². The van der Waals surface area contributed by atoms with Crippen LogP contribution in [-0.2, 0) is 0 Å². The van der Waals surface area contributed by atoms with Crippen LogP contribution in [0.2, 0.25) is 0 Å². The summed E-state index contributed by atoms with van der Waals surface area (Å²) >= 11 is 0. The first-order valence-electron chi connectivity index (χ1n) is 11.2. The van der Waals surface area contributed by atoms with E-state index in [1.54, 1.807) is 0 Å². The first-order valence-corrected chi connectivity index (χ1v) is 11.2. The zero-order valence-electron chi connectivity index (χ0n) is 17.5. The third-order valence-corrected chi connectivity index (χ3v) is 5.41. The van der Waals surface area contributed by atoms with Crippen molar-refractivity contribution in [3.63, 3.8) is 0 Å². The van der Waals surface area contributed by atoms with Crippen LogP contribution in [0.5, 0.6) is 0 Å². The predicted molar refractivity (Wildman–Crippen MR) is 111 cm³/mol. The third kappa shape index (κ3) is 15.4. The van der Waals surface area contributed by atoms with Crippen LogP contribution in [0.25, 0.3) is 0 Å². The van der Waals surface area contributed by atoms with Crippen LogP contribution >= 0.6 is 0 Å². The summed E-state index contributed by atoms with van der Waals surface area (Å²) in [4.78, 5) is 0. The number of hydrogen-bond acceptors (Lipinski definition) is 2. The van der Waals surface area contributed by atoms with Gasteiger partial charge in [-0.25, -0.2) is 0 Å². The lowest BCUT2D eigenvalue weighted by Crippen LogP contribution is -2.24. The van der Waals surface area contributed by atoms with Gasteiger partial charge in [0.15, 0.2) is 0 Å². The topological polar surface area (TPSA) is 24.1 Å². The number of rotatable bonds is 19. The van der Waals surface area contributed by atoms with Gasteiger partial charge < -0.3 is 10.6 Å². The quantitative estimate of drug-likeness (QED) is 0.275. The average molecular weight is 341 g/mol. The number of hydrogen-bond donors (Lipinski definition) is 2. The van der Waals surface area contributed by atoms with Crippen molar-refractivity contribution in [1.82, 2.24) is 10.6 Å². The highest BCUT2D eigenvalue weighted by Gasteiger charge is 2.05. The molecule has 0 aromatic carbocycles. The third-order valence-electron chi connectivity index (χ3n) is 5.41. The van der Waals surface area contributed by atoms with Gasteiger partial charge in [-0.2, -0.15) is 0 Å². The van der Waals surface area contributed by atoms with Crippen molar-refractivity contribution in [2.75, 3.05) is 26.2 Å². The van der Waals surface area contributed by atoms with Gasteiger partial charge in [0.2, 0.25) is 0 Å². The van der Waals surface area contributed by atoms with E-state index >= 15 is 0 Å². The molecule has 0 bridgehead atoms. The molecule has 2 unspecified atom stereocenters. The SMILES string of the molecule is CCCCC(CC)CNCCCCCCNCC(CC)CCCC. The Morgan fingerprint density at radius 3 is 1.29 bits per heavy atom. The van der Waals surface area contributed by atoms with Crippen LogP contribution in [0.3, 0.4) is 0 Å². The summed E-state index contributed by atoms with van der Waals surface area (Å²) in [5.74, 6) is 1.79. The van der Waals surface area contributed by atoms with Crippen molar-refractivity contribution in [3.05, 3.63) is 0 Å². The fourth-order valence-electron chi connectivity index (χ4n) is 3.35. The summed E-state index contributed by atoms with van der Waals surface area (Å²) in [6, 6.07) is 0. The highest BCUT2D eigenvalue weighted by molar-refractivity contribution is 4.62. The molecule has 0 radical (unpaired) electrons. The molecule has 0 aromatic heterocycles. The molecule has 0 spiro atoms. The average Bonchev–Trinajstić information content (AvgIpc) is 2.61. The van der Waals surface area contributed by atoms with Gasteiger partial charge >= 0.3 is 0 Å². The lowest BCUT2D eigenvalue weighted by atomic mass is 9.99. The Balaban J connectivity index is 3.32. The van der Waals surface area contributed by atoms with Gasteiger partial charge in [0.25, 0.3) is 0 Å². The van der Waals surface area contributed by atoms with E-state index in [0.29, 0.717) is 0 Å². The molecule has 2 N–H and O–H groups in total. The van der Waals surface area contributed by atoms with Gasteiger partial charge in [0.1, 0.15) is 0 Å². The van der Waals surface area contributed by atoms with Crippen LogP contribution in [0.1, 0.15) is 105 Å². The maximum absolute atomic E-state index is 3.67. The molecular weight excluding hydrogens is 292 g/mol. The molecule has 0 heterocycles. The molecule has 0 amide bonds. The minimum Gasteiger partial charge on any atom is -0.316 e. The monoisotopic (exact) mass is 340 g/mol. The Bertz CT molecular complexity index is 206. The minimum absolute atomic E-state index is 0.897. The van der Waals surface area contributed by atoms with E-state index in [0.717, 1.165) is 11.8 Å². The van der Waals surface area contributed by atoms with Gasteiger partial charge in [0, 0.05) is 0 Å². The van der Waals surface area contributed by atoms with Gasteiger partial charge in [0.05, 0.1) is 0 Å². The minimum atomic E-state index is 0.897. The fourth-order valence-corrected chi connectivity index (χ4v) is 3.35. The van der Waals surface area contributed by atoms with E-state index in [-0.39, 0.29) is 0 Å². The molecule has 0 aliphatic carbocycles. The van der Waals surface area contributed by atoms with Crippen molar-refractivity contribution >= 4 is 0 Å². The second kappa shape index (κ2) is 19.2. The number of nitrogens with one attached hydrogen (secondary N) is 2. The summed E-state index contributed by atoms with van der Waals surface area (Å²) in [5, 5.41) is 7.35. The van der Waals surface area contributed by atoms with E-state index in [4.69, 9.17) is 0 Å². The lowest BCUT2D eigenvalue weighted by Gasteiger charge is -2.15. The smallest absolute Gasteiger partial charge is 0.00206 e. The van der Waals surface area contributed by atoms with Crippen molar-refractivity contribution in [3.8, 4) is 0 Å². The van der Waals surface area contributed by atoms with Crippen molar-refractivity contribution in [1.29, 1.82) is 0 Å². The molecule has 0 aromatic rings. The molecule has 0 fully saturated rings. The maximum atomic E-state index is 3.67. The number of unbranched alkanes of at least 4 members (excludes halogenated alkanes) is 5. The van der Waals surface area contributed by atoms with Gasteiger partial charge in [-0.1, -0.05) is 79.1 Å². The van der Waals surface area contributed by atoms with E-state index in [2.05, 4.69) is 38.3 Å². The predicted octanol–water partition coefficient (Wildman–Crippen LogP) is 6.16. The largest absolute Gasteiger partial charge is 0.316 e. The summed E-state index contributed by atoms with van der Waals surface area (Å²) in [7, 11) is 0. The second-order valence-corrected chi connectivity index (χ2v) is 7.66. The zero-order valence-corrected chi connectivity index (χ0v) is 17.5. The van der Waals surface area contributed by atoms with Crippen LogP contribution in [0, 0.1) is 11.8 Å². The Morgan fingerprint density at radius 2 is 0.958 bits per heavy atom. The first kappa shape index (κ1) is 23.9. The highest BCUT2D eigenvalue weighted by atomic mass is 14.9. The molecule has 0 saturated heterocycles. The fraction of sp³-hybridized carbons (Fsp3) is 1.00. The molecule has 0 aliphatic rings. The van der Waals surface area contributed by atoms with E-state index < -0.39 is 0 Å². The highest BCUT2D eigenvalue weighted by Crippen LogP contribution is 2.12. The summed E-state index contributed by atoms with van der Waals surface area (Å²) in [6.45, 7) is 14.1. The van der Waals surface area contributed by atoms with Gasteiger partial charge in [-0.05, 0) is 63.7 Å². The Morgan fingerprint density at radius 1 is 0.542 bits per heavy atom. The maximum Gasteiger partial charge on any atom is -0.00206 e. The molecule has 2 heteroatoms. The van der Waals surface area contributed by atoms with Gasteiger partial charge in [-0.15, -0.1) is 0 Å². The molecule has 0 saturated carbocycles. The molecule has 0 aliphatic heterocycles. The summed E-state index contributed by atoms with van der Waals surface area (Å²) in [5.41, 5.74) is 0. The van der Waals surface area contributed by atoms with Gasteiger partial charge in [-0.3, -0.25) is 0 Å². The lowest BCUT2D eigenvalue weighted by molar-refractivity contribution is 0.410. The molecule has 146 valence electrons. The Labute approximate surface area is 154 Å². The van der Waals surface area contributed by atoms with Crippen LogP contribution in [0.15, 0.2) is 0 Å². The molecule has 24 heavy (non-hydrogen) atoms. The van der Waals surface area contributed by atoms with Crippen LogP contribution < -0.4 is 10.6 Å². The standard InChI is InChI=1S/C22H48N2/c1-5-9-15-21(7-3)19-23-17-13-11-12-14-18-24-20-22(8-4)16-10-6-2/h21-24H,5-20H2,1-4H3. The van der Waals surface area contributed by atoms with Crippen molar-refractivity contribution in [2.24, 2.45) is 11.8 Å². The Hall–Kier alpha value is -0.0800. The van der Waals surface area contributed by atoms with E-state index in [1.165, 1.54) is 103 Å². The summed E-state index contributed by atoms with van der Waals surface area (Å²) < 4.78 is 0. The first-order chi connectivity index (χ1) is 11.8. The molecule has 2 atom stereocenters. The van der Waals surface area contributed by atoms with E-state index in [1.807, 2.05) is 0 Å². The Kier molecular flexibility index (Phi) is 19.2. The second-order valence-electron chi connectivity index (χ2n) is 7.66.